The molecule has 6 nitrogen and oxygen atoms in total. The van der Waals surface area contributed by atoms with Gasteiger partial charge in [0.05, 0.1) is 17.9 Å². The van der Waals surface area contributed by atoms with Gasteiger partial charge < -0.3 is 10.0 Å². The lowest BCUT2D eigenvalue weighted by Gasteiger charge is -2.22. The Bertz CT molecular complexity index is 686. The molecule has 0 aliphatic carbocycles. The second-order valence-corrected chi connectivity index (χ2v) is 7.40. The zero-order valence-electron chi connectivity index (χ0n) is 11.8. The largest absolute Gasteiger partial charge is 0.395 e. The predicted octanol–water partition coefficient (Wildman–Crippen LogP) is 0.351. The van der Waals surface area contributed by atoms with Gasteiger partial charge in [-0.1, -0.05) is 0 Å². The Balaban J connectivity index is 1.98. The smallest absolute Gasteiger partial charge is 0.243 e. The van der Waals surface area contributed by atoms with Crippen LogP contribution in [-0.2, 0) is 21.2 Å². The van der Waals surface area contributed by atoms with E-state index in [9.17, 15) is 18.3 Å². The first-order valence-corrected chi connectivity index (χ1v) is 8.41. The number of benzene rings is 1. The van der Waals surface area contributed by atoms with Crippen LogP contribution in [0, 0.1) is 0 Å². The lowest BCUT2D eigenvalue weighted by atomic mass is 10.2. The van der Waals surface area contributed by atoms with Crippen molar-refractivity contribution in [2.24, 2.45) is 0 Å². The summed E-state index contributed by atoms with van der Waals surface area (Å²) in [6.45, 7) is 0.273. The molecule has 0 bridgehead atoms. The second kappa shape index (κ2) is 5.08. The molecule has 21 heavy (non-hydrogen) atoms. The summed E-state index contributed by atoms with van der Waals surface area (Å²) in [7, 11) is -1.93. The Morgan fingerprint density at radius 1 is 1.38 bits per heavy atom. The number of aliphatic hydroxyl groups excluding tert-OH is 1. The van der Waals surface area contributed by atoms with E-state index < -0.39 is 10.0 Å². The number of hydrogen-bond acceptors (Lipinski definition) is 4. The summed E-state index contributed by atoms with van der Waals surface area (Å²) < 4.78 is 26.7. The van der Waals surface area contributed by atoms with E-state index in [2.05, 4.69) is 0 Å². The predicted molar refractivity (Wildman–Crippen MR) is 77.6 cm³/mol. The third-order valence-corrected chi connectivity index (χ3v) is 6.22. The van der Waals surface area contributed by atoms with E-state index in [4.69, 9.17) is 0 Å². The average Bonchev–Trinajstić information content (AvgIpc) is 3.04. The van der Waals surface area contributed by atoms with E-state index in [0.29, 0.717) is 13.0 Å². The van der Waals surface area contributed by atoms with Crippen molar-refractivity contribution in [3.8, 4) is 0 Å². The normalized spacial score (nSPS) is 22.9. The molecule has 0 aromatic heterocycles. The average molecular weight is 310 g/mol. The number of nitrogens with zero attached hydrogens (tertiary/aromatic N) is 2. The molecule has 0 radical (unpaired) electrons. The minimum Gasteiger partial charge on any atom is -0.395 e. The Morgan fingerprint density at radius 2 is 2.14 bits per heavy atom. The fraction of sp³-hybridized carbons (Fsp3) is 0.500. The molecule has 1 aromatic rings. The van der Waals surface area contributed by atoms with Crippen LogP contribution in [0.5, 0.6) is 0 Å². The standard InChI is InChI=1S/C14H18N2O4S/c1-15-13-5-4-12(7-10(13)8-14(15)18)21(19,20)16-6-2-3-11(16)9-17/h4-5,7,11,17H,2-3,6,8-9H2,1H3. The van der Waals surface area contributed by atoms with Gasteiger partial charge >= 0.3 is 0 Å². The van der Waals surface area contributed by atoms with E-state index in [1.54, 1.807) is 19.2 Å². The van der Waals surface area contributed by atoms with Gasteiger partial charge in [-0.2, -0.15) is 4.31 Å². The number of likely N-dealkylation sites (N-methyl/N-ethyl adjacent to an activating group) is 1. The lowest BCUT2D eigenvalue weighted by molar-refractivity contribution is -0.117. The van der Waals surface area contributed by atoms with Crippen LogP contribution in [0.3, 0.4) is 0 Å². The summed E-state index contributed by atoms with van der Waals surface area (Å²) in [5.41, 5.74) is 1.50. The molecule has 7 heteroatoms. The maximum atomic E-state index is 12.7. The molecule has 0 saturated carbocycles. The first kappa shape index (κ1) is 14.5. The molecule has 2 aliphatic rings. The molecule has 2 aliphatic heterocycles. The number of anilines is 1. The van der Waals surface area contributed by atoms with Crippen molar-refractivity contribution in [2.45, 2.75) is 30.2 Å². The molecule has 0 spiro atoms. The van der Waals surface area contributed by atoms with Crippen molar-refractivity contribution in [1.29, 1.82) is 0 Å². The fourth-order valence-corrected chi connectivity index (χ4v) is 4.79. The zero-order chi connectivity index (χ0) is 15.2. The first-order valence-electron chi connectivity index (χ1n) is 6.97. The maximum Gasteiger partial charge on any atom is 0.243 e. The van der Waals surface area contributed by atoms with Crippen molar-refractivity contribution in [3.05, 3.63) is 23.8 Å². The monoisotopic (exact) mass is 310 g/mol. The molecular formula is C14H18N2O4S. The van der Waals surface area contributed by atoms with Gasteiger partial charge in [0.1, 0.15) is 0 Å². The van der Waals surface area contributed by atoms with Crippen molar-refractivity contribution in [1.82, 2.24) is 4.31 Å². The van der Waals surface area contributed by atoms with Crippen LogP contribution in [0.4, 0.5) is 5.69 Å². The van der Waals surface area contributed by atoms with Gasteiger partial charge in [0.25, 0.3) is 0 Å². The van der Waals surface area contributed by atoms with Gasteiger partial charge in [0, 0.05) is 25.3 Å². The van der Waals surface area contributed by atoms with Crippen LogP contribution >= 0.6 is 0 Å². The highest BCUT2D eigenvalue weighted by atomic mass is 32.2. The molecule has 1 saturated heterocycles. The molecule has 3 rings (SSSR count). The number of rotatable bonds is 3. The van der Waals surface area contributed by atoms with Gasteiger partial charge in [-0.15, -0.1) is 0 Å². The Hall–Kier alpha value is -1.44. The van der Waals surface area contributed by atoms with Gasteiger partial charge in [-0.3, -0.25) is 4.79 Å². The second-order valence-electron chi connectivity index (χ2n) is 5.51. The number of aliphatic hydroxyl groups is 1. The number of amides is 1. The fourth-order valence-electron chi connectivity index (χ4n) is 3.05. The highest BCUT2D eigenvalue weighted by Gasteiger charge is 2.36. The van der Waals surface area contributed by atoms with Crippen LogP contribution in [-0.4, -0.2) is 50.0 Å². The van der Waals surface area contributed by atoms with Gasteiger partial charge in [0.2, 0.25) is 15.9 Å². The third-order valence-electron chi connectivity index (χ3n) is 4.27. The van der Waals surface area contributed by atoms with Crippen molar-refractivity contribution in [3.63, 3.8) is 0 Å². The molecule has 2 heterocycles. The number of hydrogen-bond donors (Lipinski definition) is 1. The maximum absolute atomic E-state index is 12.7. The van der Waals surface area contributed by atoms with Gasteiger partial charge in [0.15, 0.2) is 0 Å². The molecule has 1 amide bonds. The van der Waals surface area contributed by atoms with E-state index in [1.165, 1.54) is 15.3 Å². The Kier molecular flexibility index (Phi) is 3.51. The highest BCUT2D eigenvalue weighted by Crippen LogP contribution is 2.32. The first-order chi connectivity index (χ1) is 9.95. The molecular weight excluding hydrogens is 292 g/mol. The molecule has 1 atom stereocenters. The van der Waals surface area contributed by atoms with Gasteiger partial charge in [-0.05, 0) is 36.6 Å². The summed E-state index contributed by atoms with van der Waals surface area (Å²) in [5, 5.41) is 9.31. The molecule has 114 valence electrons. The van der Waals surface area contributed by atoms with Crippen molar-refractivity contribution in [2.75, 3.05) is 25.1 Å². The SMILES string of the molecule is CN1C(=O)Cc2cc(S(=O)(=O)N3CCCC3CO)ccc21. The number of carbonyl (C=O) groups is 1. The van der Waals surface area contributed by atoms with E-state index in [-0.39, 0.29) is 29.9 Å². The summed E-state index contributed by atoms with van der Waals surface area (Å²) in [4.78, 5) is 13.4. The summed E-state index contributed by atoms with van der Waals surface area (Å²) in [6, 6.07) is 4.46. The summed E-state index contributed by atoms with van der Waals surface area (Å²) >= 11 is 0. The zero-order valence-corrected chi connectivity index (χ0v) is 12.6. The number of sulfonamides is 1. The van der Waals surface area contributed by atoms with Gasteiger partial charge in [-0.25, -0.2) is 8.42 Å². The molecule has 1 unspecified atom stereocenters. The molecule has 1 aromatic carbocycles. The summed E-state index contributed by atoms with van der Waals surface area (Å²) in [6.07, 6.45) is 1.68. The van der Waals surface area contributed by atoms with Crippen LogP contribution in [0.15, 0.2) is 23.1 Å². The van der Waals surface area contributed by atoms with E-state index in [0.717, 1.165) is 17.7 Å². The highest BCUT2D eigenvalue weighted by molar-refractivity contribution is 7.89. The van der Waals surface area contributed by atoms with Crippen molar-refractivity contribution >= 4 is 21.6 Å². The van der Waals surface area contributed by atoms with Crippen LogP contribution in [0.2, 0.25) is 0 Å². The Labute approximate surface area is 124 Å². The molecule has 1 N–H and O–H groups in total. The third kappa shape index (κ3) is 2.25. The van der Waals surface area contributed by atoms with Crippen molar-refractivity contribution < 1.29 is 18.3 Å². The van der Waals surface area contributed by atoms with Crippen LogP contribution in [0.25, 0.3) is 0 Å². The quantitative estimate of drug-likeness (QED) is 0.874. The Morgan fingerprint density at radius 3 is 2.86 bits per heavy atom. The number of carbonyl (C=O) groups excluding carboxylic acids is 1. The van der Waals surface area contributed by atoms with Crippen LogP contribution < -0.4 is 4.90 Å². The number of fused-ring (bicyclic) bond motifs is 1. The van der Waals surface area contributed by atoms with Crippen LogP contribution in [0.1, 0.15) is 18.4 Å². The summed E-state index contributed by atoms with van der Waals surface area (Å²) in [5.74, 6) is -0.0334. The minimum absolute atomic E-state index is 0.0334. The van der Waals surface area contributed by atoms with E-state index in [1.807, 2.05) is 0 Å². The topological polar surface area (TPSA) is 77.9 Å². The van der Waals surface area contributed by atoms with E-state index >= 15 is 0 Å². The molecule has 1 fully saturated rings. The minimum atomic E-state index is -3.61. The lowest BCUT2D eigenvalue weighted by Crippen LogP contribution is -2.37.